The van der Waals surface area contributed by atoms with E-state index in [9.17, 15) is 0 Å². The highest BCUT2D eigenvalue weighted by atomic mass is 32.1. The first kappa shape index (κ1) is 13.0. The lowest BCUT2D eigenvalue weighted by Crippen LogP contribution is -2.41. The van der Waals surface area contributed by atoms with Crippen molar-refractivity contribution in [3.05, 3.63) is 21.7 Å². The number of thiophene rings is 1. The van der Waals surface area contributed by atoms with Gasteiger partial charge in [0.25, 0.3) is 0 Å². The van der Waals surface area contributed by atoms with E-state index >= 15 is 0 Å². The Hall–Kier alpha value is -1.75. The second-order valence-corrected chi connectivity index (χ2v) is 6.78. The number of rotatable bonds is 0. The minimum atomic E-state index is 0.914. The Bertz CT molecular complexity index is 829. The quantitative estimate of drug-likeness (QED) is 0.743. The number of fused-ring (bicyclic) bond motifs is 5. The first-order valence-corrected chi connectivity index (χ1v) is 8.17. The molecule has 0 fully saturated rings. The molecular weight excluding hydrogens is 280 g/mol. The zero-order valence-electron chi connectivity index (χ0n) is 12.8. The van der Waals surface area contributed by atoms with Gasteiger partial charge in [0.2, 0.25) is 0 Å². The second kappa shape index (κ2) is 4.37. The average molecular weight is 298 g/mol. The fraction of sp³-hybridized carbons (Fsp3) is 0.438. The summed E-state index contributed by atoms with van der Waals surface area (Å²) in [5.41, 5.74) is 4.76. The molecule has 4 rings (SSSR count). The van der Waals surface area contributed by atoms with Crippen LogP contribution in [0.15, 0.2) is 9.98 Å². The van der Waals surface area contributed by atoms with Crippen LogP contribution >= 0.6 is 11.3 Å². The Labute approximate surface area is 128 Å². The molecule has 0 radical (unpaired) electrons. The third-order valence-corrected chi connectivity index (χ3v) is 5.61. The Morgan fingerprint density at radius 2 is 1.90 bits per heavy atom. The standard InChI is InChI=1S/C16H18N4S/c1-8-9(2)12-13-14(21-16(12)18-10(8)3)15-17-6-5-7-20(15)11(4)19-13/h5-7H2,1-4H3. The lowest BCUT2D eigenvalue weighted by Gasteiger charge is -2.31. The molecule has 0 amide bonds. The molecule has 4 nitrogen and oxygen atoms in total. The van der Waals surface area contributed by atoms with Crippen LogP contribution in [0.1, 0.15) is 35.0 Å². The maximum absolute atomic E-state index is 4.88. The number of aliphatic imine (C=N–C) groups is 2. The van der Waals surface area contributed by atoms with Gasteiger partial charge in [0.15, 0.2) is 0 Å². The molecule has 21 heavy (non-hydrogen) atoms. The second-order valence-electron chi connectivity index (χ2n) is 5.78. The summed E-state index contributed by atoms with van der Waals surface area (Å²) in [7, 11) is 0. The number of pyridine rings is 1. The highest BCUT2D eigenvalue weighted by Crippen LogP contribution is 2.43. The fourth-order valence-electron chi connectivity index (χ4n) is 3.12. The van der Waals surface area contributed by atoms with Crippen molar-refractivity contribution >= 4 is 38.9 Å². The highest BCUT2D eigenvalue weighted by molar-refractivity contribution is 7.21. The van der Waals surface area contributed by atoms with Gasteiger partial charge in [-0.25, -0.2) is 9.98 Å². The van der Waals surface area contributed by atoms with E-state index in [2.05, 4.69) is 32.6 Å². The van der Waals surface area contributed by atoms with E-state index < -0.39 is 0 Å². The number of hydrogen-bond donors (Lipinski definition) is 0. The molecule has 0 aromatic carbocycles. The summed E-state index contributed by atoms with van der Waals surface area (Å²) in [5, 5.41) is 1.21. The lowest BCUT2D eigenvalue weighted by molar-refractivity contribution is 0.545. The van der Waals surface area contributed by atoms with Crippen LogP contribution in [0.2, 0.25) is 0 Å². The summed E-state index contributed by atoms with van der Waals surface area (Å²) in [4.78, 5) is 18.9. The highest BCUT2D eigenvalue weighted by Gasteiger charge is 2.30. The zero-order valence-corrected chi connectivity index (χ0v) is 13.6. The molecule has 2 aliphatic rings. The summed E-state index contributed by atoms with van der Waals surface area (Å²) >= 11 is 1.73. The van der Waals surface area contributed by atoms with E-state index in [1.165, 1.54) is 21.4 Å². The average Bonchev–Trinajstić information content (AvgIpc) is 2.83. The molecule has 0 spiro atoms. The molecule has 0 saturated carbocycles. The van der Waals surface area contributed by atoms with Crippen LogP contribution < -0.4 is 0 Å². The smallest absolute Gasteiger partial charge is 0.148 e. The van der Waals surface area contributed by atoms with Gasteiger partial charge >= 0.3 is 0 Å². The van der Waals surface area contributed by atoms with E-state index in [1.54, 1.807) is 11.3 Å². The van der Waals surface area contributed by atoms with Crippen LogP contribution in [0.4, 0.5) is 5.69 Å². The predicted molar refractivity (Wildman–Crippen MR) is 89.3 cm³/mol. The summed E-state index contributed by atoms with van der Waals surface area (Å²) < 4.78 is 0. The summed E-state index contributed by atoms with van der Waals surface area (Å²) in [5.74, 6) is 2.15. The van der Waals surface area contributed by atoms with Crippen molar-refractivity contribution in [3.63, 3.8) is 0 Å². The van der Waals surface area contributed by atoms with E-state index in [1.807, 2.05) is 0 Å². The van der Waals surface area contributed by atoms with Crippen LogP contribution in [-0.2, 0) is 0 Å². The van der Waals surface area contributed by atoms with Crippen molar-refractivity contribution in [2.24, 2.45) is 9.98 Å². The molecule has 2 aliphatic heterocycles. The van der Waals surface area contributed by atoms with Crippen molar-refractivity contribution in [1.29, 1.82) is 0 Å². The molecule has 5 heteroatoms. The van der Waals surface area contributed by atoms with Crippen molar-refractivity contribution in [3.8, 4) is 0 Å². The predicted octanol–water partition coefficient (Wildman–Crippen LogP) is 3.74. The van der Waals surface area contributed by atoms with Gasteiger partial charge in [-0.05, 0) is 45.2 Å². The molecule has 0 bridgehead atoms. The monoisotopic (exact) mass is 298 g/mol. The molecule has 0 saturated heterocycles. The molecule has 2 aromatic rings. The van der Waals surface area contributed by atoms with E-state index in [0.29, 0.717) is 0 Å². The molecule has 0 N–H and O–H groups in total. The Morgan fingerprint density at radius 1 is 1.10 bits per heavy atom. The molecule has 0 unspecified atom stereocenters. The Morgan fingerprint density at radius 3 is 2.71 bits per heavy atom. The van der Waals surface area contributed by atoms with E-state index in [0.717, 1.165) is 47.4 Å². The van der Waals surface area contributed by atoms with Gasteiger partial charge in [-0.15, -0.1) is 11.3 Å². The van der Waals surface area contributed by atoms with Gasteiger partial charge in [0.1, 0.15) is 16.5 Å². The maximum Gasteiger partial charge on any atom is 0.148 e. The van der Waals surface area contributed by atoms with Crippen LogP contribution in [0.5, 0.6) is 0 Å². The molecule has 0 aliphatic carbocycles. The minimum Gasteiger partial charge on any atom is -0.314 e. The van der Waals surface area contributed by atoms with Gasteiger partial charge < -0.3 is 4.90 Å². The van der Waals surface area contributed by atoms with Crippen molar-refractivity contribution < 1.29 is 0 Å². The van der Waals surface area contributed by atoms with Gasteiger partial charge in [-0.3, -0.25) is 4.99 Å². The molecule has 4 heterocycles. The van der Waals surface area contributed by atoms with Crippen molar-refractivity contribution in [2.75, 3.05) is 13.1 Å². The number of nitrogens with zero attached hydrogens (tertiary/aromatic N) is 4. The summed E-state index contributed by atoms with van der Waals surface area (Å²) in [6.45, 7) is 10.4. The first-order chi connectivity index (χ1) is 10.1. The van der Waals surface area contributed by atoms with Gasteiger partial charge in [-0.2, -0.15) is 0 Å². The third kappa shape index (κ3) is 1.70. The summed E-state index contributed by atoms with van der Waals surface area (Å²) in [6.07, 6.45) is 1.10. The van der Waals surface area contributed by atoms with E-state index in [4.69, 9.17) is 15.0 Å². The van der Waals surface area contributed by atoms with Crippen LogP contribution in [0.3, 0.4) is 0 Å². The fourth-order valence-corrected chi connectivity index (χ4v) is 4.36. The van der Waals surface area contributed by atoms with Crippen molar-refractivity contribution in [1.82, 2.24) is 9.88 Å². The SMILES string of the molecule is CC1=Nc2c(sc3nc(C)c(C)c(C)c23)C2=NCCCN12. The molecule has 2 aromatic heterocycles. The molecule has 108 valence electrons. The normalized spacial score (nSPS) is 17.4. The van der Waals surface area contributed by atoms with Crippen LogP contribution in [-0.4, -0.2) is 34.6 Å². The van der Waals surface area contributed by atoms with Gasteiger partial charge in [0, 0.05) is 24.2 Å². The number of aryl methyl sites for hydroxylation is 2. The van der Waals surface area contributed by atoms with Crippen molar-refractivity contribution in [2.45, 2.75) is 34.1 Å². The zero-order chi connectivity index (χ0) is 14.7. The van der Waals surface area contributed by atoms with Gasteiger partial charge in [-0.1, -0.05) is 0 Å². The number of aromatic nitrogens is 1. The maximum atomic E-state index is 4.88. The minimum absolute atomic E-state index is 0.914. The largest absolute Gasteiger partial charge is 0.314 e. The van der Waals surface area contributed by atoms with Gasteiger partial charge in [0.05, 0.1) is 10.6 Å². The van der Waals surface area contributed by atoms with Crippen LogP contribution in [0, 0.1) is 20.8 Å². The molecule has 0 atom stereocenters. The topological polar surface area (TPSA) is 40.9 Å². The number of amidine groups is 2. The number of hydrogen-bond acceptors (Lipinski definition) is 5. The Kier molecular flexibility index (Phi) is 2.70. The third-order valence-electron chi connectivity index (χ3n) is 4.54. The first-order valence-electron chi connectivity index (χ1n) is 7.36. The summed E-state index contributed by atoms with van der Waals surface area (Å²) in [6, 6.07) is 0. The lowest BCUT2D eigenvalue weighted by atomic mass is 10.0. The molecular formula is C16H18N4S. The Balaban J connectivity index is 2.09. The van der Waals surface area contributed by atoms with Crippen LogP contribution in [0.25, 0.3) is 10.2 Å². The van der Waals surface area contributed by atoms with E-state index in [-0.39, 0.29) is 0 Å².